The van der Waals surface area contributed by atoms with Gasteiger partial charge in [-0.1, -0.05) is 36.4 Å². The lowest BCUT2D eigenvalue weighted by atomic mass is 9.86. The number of ether oxygens (including phenoxy) is 1. The van der Waals surface area contributed by atoms with Crippen LogP contribution in [0.4, 0.5) is 0 Å². The van der Waals surface area contributed by atoms with Crippen molar-refractivity contribution < 1.29 is 14.3 Å². The predicted molar refractivity (Wildman–Crippen MR) is 131 cm³/mol. The number of hydrogen-bond acceptors (Lipinski definition) is 4. The van der Waals surface area contributed by atoms with Crippen molar-refractivity contribution in [2.45, 2.75) is 31.5 Å². The first kappa shape index (κ1) is 21.5. The SMILES string of the molecule is COc1ccccc1[C@H]1c2[nH]c3ccccc3c2C[C@H]2C(=O)N(CCCn3ccnc3)CC(=O)N12. The van der Waals surface area contributed by atoms with Gasteiger partial charge in [-0.05, 0) is 24.1 Å². The summed E-state index contributed by atoms with van der Waals surface area (Å²) < 4.78 is 7.67. The van der Waals surface area contributed by atoms with Crippen molar-refractivity contribution in [2.24, 2.45) is 0 Å². The third kappa shape index (κ3) is 3.56. The van der Waals surface area contributed by atoms with Crippen molar-refractivity contribution in [3.05, 3.63) is 84.1 Å². The molecule has 0 bridgehead atoms. The van der Waals surface area contributed by atoms with Gasteiger partial charge >= 0.3 is 0 Å². The number of aromatic amines is 1. The lowest BCUT2D eigenvalue weighted by Crippen LogP contribution is -2.63. The fraction of sp³-hybridized carbons (Fsp3) is 0.296. The highest BCUT2D eigenvalue weighted by atomic mass is 16.5. The summed E-state index contributed by atoms with van der Waals surface area (Å²) in [7, 11) is 1.64. The van der Waals surface area contributed by atoms with Gasteiger partial charge < -0.3 is 24.1 Å². The van der Waals surface area contributed by atoms with Gasteiger partial charge in [-0.25, -0.2) is 4.98 Å². The zero-order valence-electron chi connectivity index (χ0n) is 19.6. The number of para-hydroxylation sites is 2. The Balaban J connectivity index is 1.39. The van der Waals surface area contributed by atoms with Crippen LogP contribution in [0.1, 0.15) is 29.3 Å². The molecule has 0 saturated carbocycles. The average Bonchev–Trinajstić information content (AvgIpc) is 3.53. The number of aromatic nitrogens is 3. The van der Waals surface area contributed by atoms with Gasteiger partial charge in [0, 0.05) is 54.1 Å². The van der Waals surface area contributed by atoms with E-state index < -0.39 is 12.1 Å². The van der Waals surface area contributed by atoms with E-state index in [-0.39, 0.29) is 18.4 Å². The van der Waals surface area contributed by atoms with E-state index in [1.165, 1.54) is 0 Å². The second-order valence-electron chi connectivity index (χ2n) is 9.14. The first-order chi connectivity index (χ1) is 17.2. The van der Waals surface area contributed by atoms with E-state index >= 15 is 0 Å². The van der Waals surface area contributed by atoms with Crippen LogP contribution in [0.5, 0.6) is 5.75 Å². The number of amides is 2. The van der Waals surface area contributed by atoms with E-state index in [4.69, 9.17) is 4.74 Å². The van der Waals surface area contributed by atoms with Gasteiger partial charge in [0.15, 0.2) is 0 Å². The van der Waals surface area contributed by atoms with Crippen molar-refractivity contribution >= 4 is 22.7 Å². The molecule has 1 saturated heterocycles. The molecule has 2 atom stereocenters. The zero-order valence-corrected chi connectivity index (χ0v) is 19.6. The smallest absolute Gasteiger partial charge is 0.246 e. The second kappa shape index (κ2) is 8.61. The molecular formula is C27H27N5O3. The maximum absolute atomic E-state index is 13.8. The summed E-state index contributed by atoms with van der Waals surface area (Å²) in [5, 5.41) is 1.10. The minimum Gasteiger partial charge on any atom is -0.496 e. The third-order valence-electron chi connectivity index (χ3n) is 7.18. The standard InChI is InChI=1S/C27H27N5O3/c1-35-23-10-5-3-8-19(23)26-25-20(18-7-2-4-9-21(18)29-25)15-22-27(34)31(16-24(33)32(22)26)13-6-12-30-14-11-28-17-30/h2-5,7-11,14,17,22,26,29H,6,12-13,15-16H2,1H3/t22-,26-/m0/s1. The molecule has 2 aromatic heterocycles. The number of fused-ring (bicyclic) bond motifs is 4. The first-order valence-electron chi connectivity index (χ1n) is 11.9. The topological polar surface area (TPSA) is 83.5 Å². The molecule has 2 amide bonds. The maximum Gasteiger partial charge on any atom is 0.246 e. The van der Waals surface area contributed by atoms with Gasteiger partial charge in [-0.3, -0.25) is 9.59 Å². The Morgan fingerprint density at radius 1 is 1.09 bits per heavy atom. The number of imidazole rings is 1. The molecular weight excluding hydrogens is 442 g/mol. The highest BCUT2D eigenvalue weighted by Gasteiger charge is 2.48. The number of piperazine rings is 1. The monoisotopic (exact) mass is 469 g/mol. The Hall–Kier alpha value is -4.07. The van der Waals surface area contributed by atoms with Gasteiger partial charge in [-0.2, -0.15) is 0 Å². The molecule has 2 aromatic carbocycles. The predicted octanol–water partition coefficient (Wildman–Crippen LogP) is 3.15. The number of aryl methyl sites for hydroxylation is 1. The molecule has 2 aliphatic rings. The fourth-order valence-electron chi connectivity index (χ4n) is 5.59. The molecule has 4 aromatic rings. The molecule has 0 spiro atoms. The van der Waals surface area contributed by atoms with Gasteiger partial charge in [0.1, 0.15) is 17.8 Å². The highest BCUT2D eigenvalue weighted by molar-refractivity contribution is 5.97. The lowest BCUT2D eigenvalue weighted by molar-refractivity contribution is -0.158. The van der Waals surface area contributed by atoms with Crippen LogP contribution in [0, 0.1) is 0 Å². The highest BCUT2D eigenvalue weighted by Crippen LogP contribution is 2.44. The molecule has 0 unspecified atom stereocenters. The Kier molecular flexibility index (Phi) is 5.28. The van der Waals surface area contributed by atoms with Crippen molar-refractivity contribution in [3.8, 4) is 5.75 Å². The molecule has 8 heteroatoms. The number of rotatable bonds is 6. The summed E-state index contributed by atoms with van der Waals surface area (Å²) >= 11 is 0. The summed E-state index contributed by atoms with van der Waals surface area (Å²) in [4.78, 5) is 38.6. The number of carbonyl (C=O) groups excluding carboxylic acids is 2. The van der Waals surface area contributed by atoms with Crippen LogP contribution < -0.4 is 4.74 Å². The van der Waals surface area contributed by atoms with Gasteiger partial charge in [0.2, 0.25) is 11.8 Å². The van der Waals surface area contributed by atoms with Crippen molar-refractivity contribution in [1.82, 2.24) is 24.3 Å². The van der Waals surface area contributed by atoms with E-state index in [1.807, 2.05) is 53.2 Å². The normalized spacial score (nSPS) is 19.7. The Bertz CT molecular complexity index is 1390. The Morgan fingerprint density at radius 3 is 2.74 bits per heavy atom. The molecule has 8 nitrogen and oxygen atoms in total. The molecule has 178 valence electrons. The lowest BCUT2D eigenvalue weighted by Gasteiger charge is -2.47. The molecule has 1 fully saturated rings. The zero-order chi connectivity index (χ0) is 23.9. The van der Waals surface area contributed by atoms with Crippen molar-refractivity contribution in [1.29, 1.82) is 0 Å². The van der Waals surface area contributed by atoms with E-state index in [0.717, 1.165) is 40.7 Å². The van der Waals surface area contributed by atoms with Crippen LogP contribution in [0.2, 0.25) is 0 Å². The minimum absolute atomic E-state index is 0.00561. The van der Waals surface area contributed by atoms with E-state index in [1.54, 1.807) is 29.4 Å². The van der Waals surface area contributed by atoms with E-state index in [2.05, 4.69) is 16.0 Å². The van der Waals surface area contributed by atoms with Crippen LogP contribution >= 0.6 is 0 Å². The van der Waals surface area contributed by atoms with Crippen molar-refractivity contribution in [3.63, 3.8) is 0 Å². The minimum atomic E-state index is -0.550. The first-order valence-corrected chi connectivity index (χ1v) is 11.9. The van der Waals surface area contributed by atoms with Crippen LogP contribution in [0.25, 0.3) is 10.9 Å². The number of nitrogens with one attached hydrogen (secondary N) is 1. The summed E-state index contributed by atoms with van der Waals surface area (Å²) in [5.41, 5.74) is 3.94. The summed E-state index contributed by atoms with van der Waals surface area (Å²) in [6, 6.07) is 14.9. The van der Waals surface area contributed by atoms with Gasteiger partial charge in [-0.15, -0.1) is 0 Å². The molecule has 0 aliphatic carbocycles. The quantitative estimate of drug-likeness (QED) is 0.470. The molecule has 35 heavy (non-hydrogen) atoms. The summed E-state index contributed by atoms with van der Waals surface area (Å²) in [6.07, 6.45) is 6.67. The molecule has 0 radical (unpaired) electrons. The molecule has 4 heterocycles. The van der Waals surface area contributed by atoms with Crippen LogP contribution in [-0.4, -0.2) is 62.4 Å². The number of H-pyrrole nitrogens is 1. The summed E-state index contributed by atoms with van der Waals surface area (Å²) in [5.74, 6) is 0.661. The fourth-order valence-corrected chi connectivity index (χ4v) is 5.59. The average molecular weight is 470 g/mol. The van der Waals surface area contributed by atoms with Crippen LogP contribution in [0.3, 0.4) is 0 Å². The number of hydrogen-bond donors (Lipinski definition) is 1. The van der Waals surface area contributed by atoms with E-state index in [0.29, 0.717) is 18.7 Å². The van der Waals surface area contributed by atoms with Crippen LogP contribution in [-0.2, 0) is 22.6 Å². The van der Waals surface area contributed by atoms with Crippen molar-refractivity contribution in [2.75, 3.05) is 20.2 Å². The van der Waals surface area contributed by atoms with E-state index in [9.17, 15) is 9.59 Å². The van der Waals surface area contributed by atoms with Gasteiger partial charge in [0.25, 0.3) is 0 Å². The Labute approximate surface area is 203 Å². The van der Waals surface area contributed by atoms with Gasteiger partial charge in [0.05, 0.1) is 20.0 Å². The largest absolute Gasteiger partial charge is 0.496 e. The number of carbonyl (C=O) groups is 2. The third-order valence-corrected chi connectivity index (χ3v) is 7.18. The number of methoxy groups -OCH3 is 1. The maximum atomic E-state index is 13.8. The number of benzene rings is 2. The second-order valence-corrected chi connectivity index (χ2v) is 9.14. The Morgan fingerprint density at radius 2 is 1.91 bits per heavy atom. The number of nitrogens with zero attached hydrogens (tertiary/aromatic N) is 4. The molecule has 1 N–H and O–H groups in total. The molecule has 6 rings (SSSR count). The summed E-state index contributed by atoms with van der Waals surface area (Å²) in [6.45, 7) is 1.37. The van der Waals surface area contributed by atoms with Crippen LogP contribution in [0.15, 0.2) is 67.3 Å². The molecule has 2 aliphatic heterocycles.